The maximum atomic E-state index is 13.4. The van der Waals surface area contributed by atoms with Crippen LogP contribution in [0.15, 0.2) is 76.6 Å². The fourth-order valence-corrected chi connectivity index (χ4v) is 6.08. The van der Waals surface area contributed by atoms with Crippen LogP contribution in [-0.4, -0.2) is 32.1 Å². The number of aromatic hydroxyl groups is 1. The molecular formula is C28H22FN3O4S2. The predicted octanol–water partition coefficient (Wildman–Crippen LogP) is 5.92. The lowest BCUT2D eigenvalue weighted by Crippen LogP contribution is -2.29. The number of rotatable bonds is 6. The quantitative estimate of drug-likeness (QED) is 0.102. The van der Waals surface area contributed by atoms with E-state index in [-0.39, 0.29) is 28.0 Å². The Labute approximate surface area is 226 Å². The van der Waals surface area contributed by atoms with Crippen LogP contribution in [0.1, 0.15) is 33.9 Å². The van der Waals surface area contributed by atoms with Gasteiger partial charge in [0.05, 0.1) is 11.6 Å². The van der Waals surface area contributed by atoms with Crippen LogP contribution in [-0.2, 0) is 15.3 Å². The van der Waals surface area contributed by atoms with Gasteiger partial charge >= 0.3 is 5.91 Å². The summed E-state index contributed by atoms with van der Waals surface area (Å²) in [5.74, 6) is -1.86. The summed E-state index contributed by atoms with van der Waals surface area (Å²) < 4.78 is 13.8. The molecule has 1 saturated heterocycles. The van der Waals surface area contributed by atoms with Crippen molar-refractivity contribution in [2.24, 2.45) is 0 Å². The topological polar surface area (TPSA) is 104 Å². The van der Waals surface area contributed by atoms with E-state index in [0.717, 1.165) is 28.0 Å². The van der Waals surface area contributed by atoms with Crippen molar-refractivity contribution in [2.75, 3.05) is 4.90 Å². The summed E-state index contributed by atoms with van der Waals surface area (Å²) in [6.45, 7) is 3.68. The molecule has 0 saturated carbocycles. The highest BCUT2D eigenvalue weighted by Crippen LogP contribution is 2.44. The van der Waals surface area contributed by atoms with Gasteiger partial charge in [0.25, 0.3) is 5.78 Å². The zero-order valence-corrected chi connectivity index (χ0v) is 22.0. The van der Waals surface area contributed by atoms with Crippen molar-refractivity contribution in [1.29, 1.82) is 0 Å². The van der Waals surface area contributed by atoms with E-state index in [1.165, 1.54) is 40.9 Å². The van der Waals surface area contributed by atoms with Crippen LogP contribution in [0.2, 0.25) is 0 Å². The van der Waals surface area contributed by atoms with E-state index in [2.05, 4.69) is 10.2 Å². The number of nitrogens with zero attached hydrogens (tertiary/aromatic N) is 3. The zero-order valence-electron chi connectivity index (χ0n) is 20.4. The summed E-state index contributed by atoms with van der Waals surface area (Å²) in [5.41, 5.74) is 3.30. The number of phenolic OH excluding ortho intramolecular Hbond substituents is 1. The molecule has 1 amide bonds. The summed E-state index contributed by atoms with van der Waals surface area (Å²) in [7, 11) is 0. The fourth-order valence-electron chi connectivity index (χ4n) is 4.26. The average molecular weight is 548 g/mol. The number of aromatic nitrogens is 2. The lowest BCUT2D eigenvalue weighted by molar-refractivity contribution is -0.132. The highest BCUT2D eigenvalue weighted by molar-refractivity contribution is 8.00. The lowest BCUT2D eigenvalue weighted by atomic mass is 9.93. The van der Waals surface area contributed by atoms with Gasteiger partial charge in [-0.2, -0.15) is 0 Å². The molecule has 3 aromatic carbocycles. The number of aliphatic hydroxyl groups is 1. The fraction of sp³-hybridized carbons (Fsp3) is 0.143. The van der Waals surface area contributed by atoms with Gasteiger partial charge in [-0.15, -0.1) is 10.2 Å². The van der Waals surface area contributed by atoms with Crippen LogP contribution >= 0.6 is 23.1 Å². The van der Waals surface area contributed by atoms with Gasteiger partial charge in [-0.05, 0) is 60.9 Å². The Morgan fingerprint density at radius 1 is 1.05 bits per heavy atom. The van der Waals surface area contributed by atoms with Crippen LogP contribution in [0.3, 0.4) is 0 Å². The minimum Gasteiger partial charge on any atom is -0.508 e. The molecule has 1 aliphatic rings. The number of amides is 1. The highest BCUT2D eigenvalue weighted by atomic mass is 32.2. The Bertz CT molecular complexity index is 1580. The minimum atomic E-state index is -1.02. The van der Waals surface area contributed by atoms with E-state index < -0.39 is 17.7 Å². The lowest BCUT2D eigenvalue weighted by Gasteiger charge is -2.23. The van der Waals surface area contributed by atoms with Crippen LogP contribution < -0.4 is 4.90 Å². The van der Waals surface area contributed by atoms with Crippen molar-refractivity contribution in [1.82, 2.24) is 10.2 Å². The Balaban J connectivity index is 1.56. The third kappa shape index (κ3) is 4.92. The molecule has 1 atom stereocenters. The number of aryl methyl sites for hydroxylation is 2. The molecule has 0 aliphatic carbocycles. The van der Waals surface area contributed by atoms with Crippen molar-refractivity contribution in [3.05, 3.63) is 106 Å². The normalized spacial score (nSPS) is 16.8. The van der Waals surface area contributed by atoms with Crippen molar-refractivity contribution < 1.29 is 24.2 Å². The Morgan fingerprint density at radius 2 is 1.82 bits per heavy atom. The largest absolute Gasteiger partial charge is 0.508 e. The number of carbonyl (C=O) groups excluding carboxylic acids is 2. The van der Waals surface area contributed by atoms with Gasteiger partial charge in [0.15, 0.2) is 4.34 Å². The van der Waals surface area contributed by atoms with E-state index >= 15 is 0 Å². The number of Topliss-reactive ketones (excluding diaryl/α,β-unsaturated/α-hetero) is 1. The number of aliphatic hydroxyl groups excluding tert-OH is 1. The van der Waals surface area contributed by atoms with Crippen LogP contribution in [0, 0.1) is 19.7 Å². The number of phenols is 1. The molecule has 1 aliphatic heterocycles. The second-order valence-corrected chi connectivity index (χ2v) is 11.0. The number of halogens is 1. The molecule has 10 heteroatoms. The minimum absolute atomic E-state index is 0.0485. The van der Waals surface area contributed by atoms with E-state index in [1.54, 1.807) is 30.3 Å². The summed E-state index contributed by atoms with van der Waals surface area (Å²) in [6, 6.07) is 16.8. The first-order valence-corrected chi connectivity index (χ1v) is 13.4. The Morgan fingerprint density at radius 3 is 2.55 bits per heavy atom. The van der Waals surface area contributed by atoms with Gasteiger partial charge in [-0.1, -0.05) is 65.1 Å². The molecule has 1 unspecified atom stereocenters. The van der Waals surface area contributed by atoms with Crippen molar-refractivity contribution in [3.63, 3.8) is 0 Å². The number of hydrogen-bond acceptors (Lipinski definition) is 8. The monoisotopic (exact) mass is 547 g/mol. The van der Waals surface area contributed by atoms with E-state index in [9.17, 15) is 24.2 Å². The molecule has 1 aromatic heterocycles. The van der Waals surface area contributed by atoms with Gasteiger partial charge in [0, 0.05) is 11.3 Å². The molecule has 192 valence electrons. The third-order valence-corrected chi connectivity index (χ3v) is 8.28. The van der Waals surface area contributed by atoms with Gasteiger partial charge in [-0.25, -0.2) is 4.39 Å². The van der Waals surface area contributed by atoms with Gasteiger partial charge in [0.2, 0.25) is 5.13 Å². The van der Waals surface area contributed by atoms with Crippen molar-refractivity contribution in [3.8, 4) is 5.75 Å². The van der Waals surface area contributed by atoms with Crippen LogP contribution in [0.4, 0.5) is 9.52 Å². The van der Waals surface area contributed by atoms with Crippen molar-refractivity contribution >= 4 is 45.7 Å². The first-order chi connectivity index (χ1) is 18.2. The Kier molecular flexibility index (Phi) is 7.00. The van der Waals surface area contributed by atoms with Gasteiger partial charge < -0.3 is 10.2 Å². The third-order valence-electron chi connectivity index (χ3n) is 6.16. The molecule has 2 heterocycles. The standard InChI is InChI=1S/C28H22FN3O4S2/c1-15-6-7-16(2)21(12-15)24(34)22-23(18-4-3-5-20(33)13-18)32(26(36)25(22)35)27-30-31-28(38-27)37-14-17-8-10-19(29)11-9-17/h3-13,23,33-34H,14H2,1-2H3/b24-22+. The molecular weight excluding hydrogens is 525 g/mol. The molecule has 4 aromatic rings. The summed E-state index contributed by atoms with van der Waals surface area (Å²) in [5, 5.41) is 30.1. The van der Waals surface area contributed by atoms with Crippen LogP contribution in [0.5, 0.6) is 5.75 Å². The Hall–Kier alpha value is -4.02. The summed E-state index contributed by atoms with van der Waals surface area (Å²) >= 11 is 2.50. The van der Waals surface area contributed by atoms with Crippen LogP contribution in [0.25, 0.3) is 5.76 Å². The SMILES string of the molecule is Cc1ccc(C)c(/C(O)=C2\C(=O)C(=O)N(c3nnc(SCc4ccc(F)cc4)s3)C2c2cccc(O)c2)c1. The van der Waals surface area contributed by atoms with E-state index in [4.69, 9.17) is 0 Å². The maximum Gasteiger partial charge on any atom is 0.301 e. The second-order valence-electron chi connectivity index (χ2n) is 8.85. The molecule has 7 nitrogen and oxygen atoms in total. The molecule has 5 rings (SSSR count). The molecule has 0 bridgehead atoms. The first kappa shape index (κ1) is 25.6. The average Bonchev–Trinajstić information content (AvgIpc) is 3.47. The molecule has 0 spiro atoms. The maximum absolute atomic E-state index is 13.4. The summed E-state index contributed by atoms with van der Waals surface area (Å²) in [4.78, 5) is 27.9. The molecule has 0 radical (unpaired) electrons. The smallest absolute Gasteiger partial charge is 0.301 e. The number of benzene rings is 3. The van der Waals surface area contributed by atoms with E-state index in [1.807, 2.05) is 26.0 Å². The predicted molar refractivity (Wildman–Crippen MR) is 145 cm³/mol. The van der Waals surface area contributed by atoms with Gasteiger partial charge in [0.1, 0.15) is 17.3 Å². The number of thioether (sulfide) groups is 1. The van der Waals surface area contributed by atoms with Crippen molar-refractivity contribution in [2.45, 2.75) is 30.0 Å². The first-order valence-electron chi connectivity index (χ1n) is 11.6. The zero-order chi connectivity index (χ0) is 27.0. The molecule has 2 N–H and O–H groups in total. The van der Waals surface area contributed by atoms with Gasteiger partial charge in [-0.3, -0.25) is 14.5 Å². The van der Waals surface area contributed by atoms with E-state index in [0.29, 0.717) is 21.2 Å². The summed E-state index contributed by atoms with van der Waals surface area (Å²) in [6.07, 6.45) is 0. The molecule has 1 fully saturated rings. The molecule has 38 heavy (non-hydrogen) atoms. The highest BCUT2D eigenvalue weighted by Gasteiger charge is 2.48. The number of ketones is 1. The number of anilines is 1. The second kappa shape index (κ2) is 10.4. The number of hydrogen-bond donors (Lipinski definition) is 2. The number of carbonyl (C=O) groups is 2.